The smallest absolute Gasteiger partial charge is 0.319 e. The molecule has 17 heavy (non-hydrogen) atoms. The van der Waals surface area contributed by atoms with E-state index in [1.54, 1.807) is 31.4 Å². The number of anilines is 2. The summed E-state index contributed by atoms with van der Waals surface area (Å²) in [5.41, 5.74) is 6.47. The molecule has 0 heterocycles. The number of nitrogen functional groups attached to an aromatic ring is 1. The fraction of sp³-hybridized carbons (Fsp3) is 0.417. The number of rotatable bonds is 4. The van der Waals surface area contributed by atoms with E-state index >= 15 is 0 Å². The van der Waals surface area contributed by atoms with Crippen molar-refractivity contribution in [3.63, 3.8) is 0 Å². The fourth-order valence-corrected chi connectivity index (χ4v) is 1.48. The minimum Gasteiger partial charge on any atom is -0.399 e. The Bertz CT molecular complexity index is 391. The first-order chi connectivity index (χ1) is 7.93. The average Bonchev–Trinajstić information content (AvgIpc) is 2.15. The molecule has 0 saturated heterocycles. The molecule has 5 heteroatoms. The molecule has 0 aromatic heterocycles. The van der Waals surface area contributed by atoms with Crippen LogP contribution in [0.2, 0.25) is 0 Å². The summed E-state index contributed by atoms with van der Waals surface area (Å²) in [5.74, 6) is 0. The highest BCUT2D eigenvalue weighted by Crippen LogP contribution is 2.12. The predicted octanol–water partition coefficient (Wildman–Crippen LogP) is 1.82. The van der Waals surface area contributed by atoms with Gasteiger partial charge in [-0.1, -0.05) is 6.07 Å². The van der Waals surface area contributed by atoms with Crippen LogP contribution in [0.3, 0.4) is 0 Å². The van der Waals surface area contributed by atoms with Gasteiger partial charge in [-0.2, -0.15) is 0 Å². The standard InChI is InChI=1S/C12H19N3O2/c1-12(2,8-17-3)15-11(16)14-10-6-4-5-9(13)7-10/h4-7H,8,13H2,1-3H3,(H2,14,15,16). The summed E-state index contributed by atoms with van der Waals surface area (Å²) in [5, 5.41) is 5.52. The van der Waals surface area contributed by atoms with E-state index in [1.807, 2.05) is 13.8 Å². The van der Waals surface area contributed by atoms with Crippen molar-refractivity contribution in [3.8, 4) is 0 Å². The Kier molecular flexibility index (Phi) is 4.34. The van der Waals surface area contributed by atoms with Crippen molar-refractivity contribution < 1.29 is 9.53 Å². The van der Waals surface area contributed by atoms with Gasteiger partial charge in [-0.15, -0.1) is 0 Å². The Balaban J connectivity index is 2.55. The summed E-state index contributed by atoms with van der Waals surface area (Å²) in [4.78, 5) is 11.7. The molecule has 0 bridgehead atoms. The van der Waals surface area contributed by atoms with Crippen LogP contribution in [0.5, 0.6) is 0 Å². The Labute approximate surface area is 101 Å². The van der Waals surface area contributed by atoms with Crippen LogP contribution in [-0.4, -0.2) is 25.3 Å². The number of methoxy groups -OCH3 is 1. The topological polar surface area (TPSA) is 76.4 Å². The van der Waals surface area contributed by atoms with Crippen LogP contribution in [-0.2, 0) is 4.74 Å². The molecule has 0 fully saturated rings. The van der Waals surface area contributed by atoms with Crippen LogP contribution in [0.15, 0.2) is 24.3 Å². The zero-order chi connectivity index (χ0) is 12.9. The van der Waals surface area contributed by atoms with Crippen molar-refractivity contribution in [2.75, 3.05) is 24.8 Å². The molecule has 0 saturated carbocycles. The first kappa shape index (κ1) is 13.3. The number of carbonyl (C=O) groups is 1. The number of benzene rings is 1. The molecule has 2 amide bonds. The third kappa shape index (κ3) is 4.74. The van der Waals surface area contributed by atoms with Gasteiger partial charge in [-0.05, 0) is 32.0 Å². The van der Waals surface area contributed by atoms with E-state index < -0.39 is 5.54 Å². The van der Waals surface area contributed by atoms with Gasteiger partial charge in [0.15, 0.2) is 0 Å². The van der Waals surface area contributed by atoms with Crippen LogP contribution >= 0.6 is 0 Å². The third-order valence-electron chi connectivity index (χ3n) is 2.10. The quantitative estimate of drug-likeness (QED) is 0.699. The molecule has 1 rings (SSSR count). The van der Waals surface area contributed by atoms with Crippen LogP contribution in [0, 0.1) is 0 Å². The Hall–Kier alpha value is -1.75. The molecule has 4 N–H and O–H groups in total. The summed E-state index contributed by atoms with van der Waals surface area (Å²) in [7, 11) is 1.60. The van der Waals surface area contributed by atoms with Crippen molar-refractivity contribution >= 4 is 17.4 Å². The number of carbonyl (C=O) groups excluding carboxylic acids is 1. The van der Waals surface area contributed by atoms with Crippen molar-refractivity contribution in [3.05, 3.63) is 24.3 Å². The second-order valence-electron chi connectivity index (χ2n) is 4.52. The van der Waals surface area contributed by atoms with Crippen molar-refractivity contribution in [2.24, 2.45) is 0 Å². The van der Waals surface area contributed by atoms with E-state index in [1.165, 1.54) is 0 Å². The zero-order valence-corrected chi connectivity index (χ0v) is 10.4. The van der Waals surface area contributed by atoms with E-state index in [2.05, 4.69) is 10.6 Å². The summed E-state index contributed by atoms with van der Waals surface area (Å²) in [6.45, 7) is 4.21. The molecule has 0 aliphatic rings. The number of ether oxygens (including phenoxy) is 1. The summed E-state index contributed by atoms with van der Waals surface area (Å²) in [6, 6.07) is 6.74. The van der Waals surface area contributed by atoms with E-state index in [0.717, 1.165) is 0 Å². The number of amides is 2. The van der Waals surface area contributed by atoms with Crippen molar-refractivity contribution in [1.82, 2.24) is 5.32 Å². The lowest BCUT2D eigenvalue weighted by Gasteiger charge is -2.25. The Morgan fingerprint density at radius 2 is 2.18 bits per heavy atom. The lowest BCUT2D eigenvalue weighted by molar-refractivity contribution is 0.133. The van der Waals surface area contributed by atoms with Gasteiger partial charge >= 0.3 is 6.03 Å². The second kappa shape index (κ2) is 5.54. The number of nitrogens with two attached hydrogens (primary N) is 1. The predicted molar refractivity (Wildman–Crippen MR) is 69.0 cm³/mol. The summed E-state index contributed by atoms with van der Waals surface area (Å²) in [6.07, 6.45) is 0. The first-order valence-electron chi connectivity index (χ1n) is 5.36. The lowest BCUT2D eigenvalue weighted by Crippen LogP contribution is -2.48. The van der Waals surface area contributed by atoms with Gasteiger partial charge in [0, 0.05) is 18.5 Å². The van der Waals surface area contributed by atoms with Crippen LogP contribution in [0.25, 0.3) is 0 Å². The second-order valence-corrected chi connectivity index (χ2v) is 4.52. The molecule has 0 radical (unpaired) electrons. The Morgan fingerprint density at radius 1 is 1.47 bits per heavy atom. The van der Waals surface area contributed by atoms with Crippen molar-refractivity contribution in [1.29, 1.82) is 0 Å². The maximum absolute atomic E-state index is 11.7. The number of nitrogens with one attached hydrogen (secondary N) is 2. The largest absolute Gasteiger partial charge is 0.399 e. The molecule has 1 aromatic rings. The molecular formula is C12H19N3O2. The Morgan fingerprint density at radius 3 is 2.76 bits per heavy atom. The van der Waals surface area contributed by atoms with Crippen molar-refractivity contribution in [2.45, 2.75) is 19.4 Å². The number of hydrogen-bond acceptors (Lipinski definition) is 3. The molecule has 0 aliphatic heterocycles. The average molecular weight is 237 g/mol. The molecule has 94 valence electrons. The van der Waals surface area contributed by atoms with Gasteiger partial charge in [0.25, 0.3) is 0 Å². The molecule has 0 atom stereocenters. The van der Waals surface area contributed by atoms with Gasteiger partial charge in [0.1, 0.15) is 0 Å². The van der Waals surface area contributed by atoms with Gasteiger partial charge in [0.2, 0.25) is 0 Å². The maximum Gasteiger partial charge on any atom is 0.319 e. The van der Waals surface area contributed by atoms with Gasteiger partial charge in [-0.3, -0.25) is 0 Å². The zero-order valence-electron chi connectivity index (χ0n) is 10.4. The fourth-order valence-electron chi connectivity index (χ4n) is 1.48. The van der Waals surface area contributed by atoms with Gasteiger partial charge < -0.3 is 21.1 Å². The van der Waals surface area contributed by atoms with E-state index in [9.17, 15) is 4.79 Å². The summed E-state index contributed by atoms with van der Waals surface area (Å²) < 4.78 is 5.01. The van der Waals surface area contributed by atoms with Gasteiger partial charge in [-0.25, -0.2) is 4.79 Å². The molecule has 5 nitrogen and oxygen atoms in total. The van der Waals surface area contributed by atoms with Crippen LogP contribution in [0.1, 0.15) is 13.8 Å². The molecule has 0 unspecified atom stereocenters. The van der Waals surface area contributed by atoms with Crippen LogP contribution in [0.4, 0.5) is 16.2 Å². The van der Waals surface area contributed by atoms with Gasteiger partial charge in [0.05, 0.1) is 12.1 Å². The maximum atomic E-state index is 11.7. The number of hydrogen-bond donors (Lipinski definition) is 3. The third-order valence-corrected chi connectivity index (χ3v) is 2.10. The minimum atomic E-state index is -0.418. The number of urea groups is 1. The molecular weight excluding hydrogens is 218 g/mol. The highest BCUT2D eigenvalue weighted by atomic mass is 16.5. The lowest BCUT2D eigenvalue weighted by atomic mass is 10.1. The molecule has 0 spiro atoms. The minimum absolute atomic E-state index is 0.280. The highest BCUT2D eigenvalue weighted by molar-refractivity contribution is 5.90. The van der Waals surface area contributed by atoms with E-state index in [4.69, 9.17) is 10.5 Å². The monoisotopic (exact) mass is 237 g/mol. The van der Waals surface area contributed by atoms with Crippen LogP contribution < -0.4 is 16.4 Å². The first-order valence-corrected chi connectivity index (χ1v) is 5.36. The molecule has 1 aromatic carbocycles. The van der Waals surface area contributed by atoms with E-state index in [-0.39, 0.29) is 6.03 Å². The van der Waals surface area contributed by atoms with E-state index in [0.29, 0.717) is 18.0 Å². The summed E-state index contributed by atoms with van der Waals surface area (Å²) >= 11 is 0. The highest BCUT2D eigenvalue weighted by Gasteiger charge is 2.19. The SMILES string of the molecule is COCC(C)(C)NC(=O)Nc1cccc(N)c1. The normalized spacial score (nSPS) is 11.0. The molecule has 0 aliphatic carbocycles.